The molecule has 1 aliphatic rings. The number of benzene rings is 1. The number of aryl methyl sites for hydroxylation is 2. The van der Waals surface area contributed by atoms with Gasteiger partial charge in [-0.05, 0) is 48.7 Å². The van der Waals surface area contributed by atoms with Crippen LogP contribution < -0.4 is 0 Å². The van der Waals surface area contributed by atoms with Crippen LogP contribution in [0.15, 0.2) is 17.7 Å². The minimum atomic E-state index is -0.274. The molecule has 1 saturated heterocycles. The zero-order valence-electron chi connectivity index (χ0n) is 12.2. The first-order valence-corrected chi connectivity index (χ1v) is 6.82. The van der Waals surface area contributed by atoms with E-state index in [1.807, 2.05) is 6.07 Å². The molecule has 1 aliphatic heterocycles. The van der Waals surface area contributed by atoms with Gasteiger partial charge >= 0.3 is 0 Å². The van der Waals surface area contributed by atoms with Gasteiger partial charge in [0.2, 0.25) is 0 Å². The largest absolute Gasteiger partial charge is 0.507 e. The Bertz CT molecular complexity index is 600. The predicted octanol–water partition coefficient (Wildman–Crippen LogP) is 1.77. The standard InChI is InChI=1S/C16H18N2O3/c1-11-7-13(8-12(2)15(11)19)9-14(10-17)16(20)18-3-5-21-6-4-18/h7-9,19H,3-6H2,1-2H3/b14-9+. The highest BCUT2D eigenvalue weighted by molar-refractivity contribution is 6.01. The molecule has 2 rings (SSSR count). The van der Waals surface area contributed by atoms with Crippen LogP contribution in [0.2, 0.25) is 0 Å². The molecule has 1 aromatic rings. The van der Waals surface area contributed by atoms with Crippen molar-refractivity contribution in [2.24, 2.45) is 0 Å². The number of aromatic hydroxyl groups is 1. The van der Waals surface area contributed by atoms with Gasteiger partial charge in [0.05, 0.1) is 13.2 Å². The van der Waals surface area contributed by atoms with Gasteiger partial charge in [-0.3, -0.25) is 4.79 Å². The van der Waals surface area contributed by atoms with Gasteiger partial charge in [0.1, 0.15) is 17.4 Å². The molecule has 1 heterocycles. The lowest BCUT2D eigenvalue weighted by Crippen LogP contribution is -2.41. The molecule has 0 atom stereocenters. The summed E-state index contributed by atoms with van der Waals surface area (Å²) in [5, 5.41) is 19.0. The number of morpholine rings is 1. The maximum atomic E-state index is 12.3. The molecule has 21 heavy (non-hydrogen) atoms. The number of carbonyl (C=O) groups excluding carboxylic acids is 1. The molecule has 0 bridgehead atoms. The highest BCUT2D eigenvalue weighted by Crippen LogP contribution is 2.24. The molecule has 5 heteroatoms. The Labute approximate surface area is 124 Å². The van der Waals surface area contributed by atoms with E-state index in [2.05, 4.69) is 0 Å². The number of phenols is 1. The van der Waals surface area contributed by atoms with Crippen LogP contribution in [0.25, 0.3) is 6.08 Å². The molecular weight excluding hydrogens is 268 g/mol. The van der Waals surface area contributed by atoms with Gasteiger partial charge in [0, 0.05) is 13.1 Å². The number of amides is 1. The number of hydrogen-bond donors (Lipinski definition) is 1. The Morgan fingerprint density at radius 3 is 2.43 bits per heavy atom. The zero-order chi connectivity index (χ0) is 15.4. The summed E-state index contributed by atoms with van der Waals surface area (Å²) >= 11 is 0. The Morgan fingerprint density at radius 1 is 1.33 bits per heavy atom. The van der Waals surface area contributed by atoms with Crippen LogP contribution in [0.4, 0.5) is 0 Å². The van der Waals surface area contributed by atoms with Gasteiger partial charge in [-0.1, -0.05) is 0 Å². The fourth-order valence-electron chi connectivity index (χ4n) is 2.32. The molecule has 0 saturated carbocycles. The van der Waals surface area contributed by atoms with E-state index in [1.165, 1.54) is 0 Å². The van der Waals surface area contributed by atoms with Crippen molar-refractivity contribution in [3.8, 4) is 11.8 Å². The van der Waals surface area contributed by atoms with E-state index in [0.717, 1.165) is 16.7 Å². The summed E-state index contributed by atoms with van der Waals surface area (Å²) in [6, 6.07) is 5.48. The Kier molecular flexibility index (Phi) is 4.61. The first-order chi connectivity index (χ1) is 10.0. The van der Waals surface area contributed by atoms with E-state index in [-0.39, 0.29) is 17.2 Å². The molecule has 1 aromatic carbocycles. The van der Waals surface area contributed by atoms with E-state index in [1.54, 1.807) is 37.0 Å². The third-order valence-corrected chi connectivity index (χ3v) is 3.47. The SMILES string of the molecule is Cc1cc(/C=C(\C#N)C(=O)N2CCOCC2)cc(C)c1O. The van der Waals surface area contributed by atoms with E-state index in [9.17, 15) is 15.2 Å². The highest BCUT2D eigenvalue weighted by atomic mass is 16.5. The number of nitriles is 1. The normalized spacial score (nSPS) is 15.7. The minimum absolute atomic E-state index is 0.0985. The molecule has 1 amide bonds. The van der Waals surface area contributed by atoms with Crippen molar-refractivity contribution in [1.82, 2.24) is 4.90 Å². The van der Waals surface area contributed by atoms with Crippen LogP contribution in [0.5, 0.6) is 5.75 Å². The van der Waals surface area contributed by atoms with Gasteiger partial charge in [-0.2, -0.15) is 5.26 Å². The Hall–Kier alpha value is -2.32. The molecular formula is C16H18N2O3. The third kappa shape index (κ3) is 3.41. The van der Waals surface area contributed by atoms with E-state index < -0.39 is 0 Å². The first kappa shape index (κ1) is 15.1. The van der Waals surface area contributed by atoms with E-state index in [0.29, 0.717) is 26.3 Å². The lowest BCUT2D eigenvalue weighted by molar-refractivity contribution is -0.130. The molecule has 1 N–H and O–H groups in total. The lowest BCUT2D eigenvalue weighted by atomic mass is 10.0. The highest BCUT2D eigenvalue weighted by Gasteiger charge is 2.20. The summed E-state index contributed by atoms with van der Waals surface area (Å²) in [6.45, 7) is 5.59. The molecule has 0 unspecified atom stereocenters. The third-order valence-electron chi connectivity index (χ3n) is 3.47. The van der Waals surface area contributed by atoms with E-state index >= 15 is 0 Å². The fourth-order valence-corrected chi connectivity index (χ4v) is 2.32. The second-order valence-corrected chi connectivity index (χ2v) is 5.08. The summed E-state index contributed by atoms with van der Waals surface area (Å²) in [5.41, 5.74) is 2.28. The van der Waals surface area contributed by atoms with Crippen molar-refractivity contribution >= 4 is 12.0 Å². The second-order valence-electron chi connectivity index (χ2n) is 5.08. The van der Waals surface area contributed by atoms with Gasteiger partial charge in [0.25, 0.3) is 5.91 Å². The van der Waals surface area contributed by atoms with Crippen molar-refractivity contribution in [1.29, 1.82) is 5.26 Å². The smallest absolute Gasteiger partial charge is 0.264 e. The lowest BCUT2D eigenvalue weighted by Gasteiger charge is -2.26. The molecule has 0 radical (unpaired) electrons. The average molecular weight is 286 g/mol. The molecule has 0 spiro atoms. The molecule has 5 nitrogen and oxygen atoms in total. The first-order valence-electron chi connectivity index (χ1n) is 6.82. The summed E-state index contributed by atoms with van der Waals surface area (Å²) in [5.74, 6) is -0.0330. The van der Waals surface area contributed by atoms with Crippen molar-refractivity contribution in [2.45, 2.75) is 13.8 Å². The summed E-state index contributed by atoms with van der Waals surface area (Å²) in [6.07, 6.45) is 1.57. The van der Waals surface area contributed by atoms with Crippen LogP contribution in [-0.2, 0) is 9.53 Å². The van der Waals surface area contributed by atoms with Crippen molar-refractivity contribution in [2.75, 3.05) is 26.3 Å². The maximum Gasteiger partial charge on any atom is 0.264 e. The monoisotopic (exact) mass is 286 g/mol. The molecule has 0 aromatic heterocycles. The predicted molar refractivity (Wildman–Crippen MR) is 78.6 cm³/mol. The topological polar surface area (TPSA) is 73.6 Å². The number of rotatable bonds is 2. The maximum absolute atomic E-state index is 12.3. The number of phenolic OH excluding ortho intramolecular Hbond substituents is 1. The second kappa shape index (κ2) is 6.42. The quantitative estimate of drug-likeness (QED) is 0.664. The van der Waals surface area contributed by atoms with Crippen LogP contribution in [0, 0.1) is 25.2 Å². The molecule has 110 valence electrons. The van der Waals surface area contributed by atoms with Crippen molar-refractivity contribution in [3.63, 3.8) is 0 Å². The van der Waals surface area contributed by atoms with Gasteiger partial charge in [0.15, 0.2) is 0 Å². The van der Waals surface area contributed by atoms with Crippen molar-refractivity contribution < 1.29 is 14.6 Å². The number of ether oxygens (including phenoxy) is 1. The summed E-state index contributed by atoms with van der Waals surface area (Å²) in [4.78, 5) is 13.9. The minimum Gasteiger partial charge on any atom is -0.507 e. The van der Waals surface area contributed by atoms with Crippen LogP contribution in [0.1, 0.15) is 16.7 Å². The fraction of sp³-hybridized carbons (Fsp3) is 0.375. The van der Waals surface area contributed by atoms with Gasteiger partial charge < -0.3 is 14.7 Å². The number of carbonyl (C=O) groups is 1. The van der Waals surface area contributed by atoms with Gasteiger partial charge in [-0.15, -0.1) is 0 Å². The number of nitrogens with zero attached hydrogens (tertiary/aromatic N) is 2. The Morgan fingerprint density at radius 2 is 1.90 bits per heavy atom. The summed E-state index contributed by atoms with van der Waals surface area (Å²) < 4.78 is 5.20. The van der Waals surface area contributed by atoms with Crippen LogP contribution >= 0.6 is 0 Å². The summed E-state index contributed by atoms with van der Waals surface area (Å²) in [7, 11) is 0. The van der Waals surface area contributed by atoms with Crippen molar-refractivity contribution in [3.05, 3.63) is 34.4 Å². The van der Waals surface area contributed by atoms with Crippen LogP contribution in [-0.4, -0.2) is 42.2 Å². The number of hydrogen-bond acceptors (Lipinski definition) is 4. The van der Waals surface area contributed by atoms with E-state index in [4.69, 9.17) is 4.74 Å². The molecule has 0 aliphatic carbocycles. The Balaban J connectivity index is 2.28. The van der Waals surface area contributed by atoms with Gasteiger partial charge in [-0.25, -0.2) is 0 Å². The molecule has 1 fully saturated rings. The average Bonchev–Trinajstić information content (AvgIpc) is 2.50. The zero-order valence-corrected chi connectivity index (χ0v) is 12.2. The van der Waals surface area contributed by atoms with Crippen LogP contribution in [0.3, 0.4) is 0 Å².